The van der Waals surface area contributed by atoms with Gasteiger partial charge >= 0.3 is 0 Å². The van der Waals surface area contributed by atoms with Crippen molar-refractivity contribution in [1.29, 1.82) is 0 Å². The van der Waals surface area contributed by atoms with Gasteiger partial charge in [-0.15, -0.1) is 0 Å². The van der Waals surface area contributed by atoms with Crippen LogP contribution in [0, 0.1) is 0 Å². The molecular formula is C14H26N2O4S. The third-order valence-corrected chi connectivity index (χ3v) is 5.90. The van der Waals surface area contributed by atoms with Gasteiger partial charge in [-0.3, -0.25) is 4.79 Å². The first-order valence-electron chi connectivity index (χ1n) is 7.80. The molecule has 1 aliphatic heterocycles. The van der Waals surface area contributed by atoms with Crippen molar-refractivity contribution in [3.63, 3.8) is 0 Å². The number of carbonyl (C=O) groups is 1. The molecule has 2 rings (SSSR count). The van der Waals surface area contributed by atoms with Crippen molar-refractivity contribution in [2.75, 3.05) is 25.4 Å². The Morgan fingerprint density at radius 3 is 2.62 bits per heavy atom. The zero-order valence-corrected chi connectivity index (χ0v) is 13.7. The number of carbonyl (C=O) groups excluding carboxylic acids is 1. The zero-order valence-electron chi connectivity index (χ0n) is 12.9. The third-order valence-electron chi connectivity index (χ3n) is 4.43. The maximum atomic E-state index is 12.5. The average Bonchev–Trinajstić information content (AvgIpc) is 2.47. The Hall–Kier alpha value is -0.660. The van der Waals surface area contributed by atoms with Crippen LogP contribution in [-0.2, 0) is 19.6 Å². The van der Waals surface area contributed by atoms with E-state index in [0.717, 1.165) is 25.7 Å². The van der Waals surface area contributed by atoms with E-state index >= 15 is 0 Å². The van der Waals surface area contributed by atoms with Gasteiger partial charge in [-0.2, -0.15) is 0 Å². The van der Waals surface area contributed by atoms with Crippen molar-refractivity contribution in [1.82, 2.24) is 9.62 Å². The number of nitrogens with zero attached hydrogens (tertiary/aromatic N) is 1. The van der Waals surface area contributed by atoms with Crippen molar-refractivity contribution in [2.24, 2.45) is 0 Å². The molecule has 1 unspecified atom stereocenters. The van der Waals surface area contributed by atoms with Gasteiger partial charge in [-0.05, 0) is 26.7 Å². The van der Waals surface area contributed by atoms with Crippen LogP contribution in [0.2, 0.25) is 0 Å². The molecule has 0 aromatic carbocycles. The van der Waals surface area contributed by atoms with Crippen LogP contribution in [0.3, 0.4) is 0 Å². The molecule has 1 N–H and O–H groups in total. The van der Waals surface area contributed by atoms with Gasteiger partial charge in [-0.25, -0.2) is 13.1 Å². The summed E-state index contributed by atoms with van der Waals surface area (Å²) in [5.74, 6) is -0.169. The van der Waals surface area contributed by atoms with Crippen molar-refractivity contribution in [2.45, 2.75) is 57.6 Å². The van der Waals surface area contributed by atoms with Crippen LogP contribution in [0.15, 0.2) is 0 Å². The Kier molecular flexibility index (Phi) is 5.27. The molecule has 1 atom stereocenters. The molecular weight excluding hydrogens is 292 g/mol. The largest absolute Gasteiger partial charge is 0.371 e. The van der Waals surface area contributed by atoms with Gasteiger partial charge in [0, 0.05) is 13.1 Å². The van der Waals surface area contributed by atoms with Crippen LogP contribution < -0.4 is 4.72 Å². The van der Waals surface area contributed by atoms with Gasteiger partial charge in [0.05, 0.1) is 24.0 Å². The summed E-state index contributed by atoms with van der Waals surface area (Å²) in [6.45, 7) is 4.84. The van der Waals surface area contributed by atoms with Crippen LogP contribution in [0.5, 0.6) is 0 Å². The Labute approximate surface area is 127 Å². The first kappa shape index (κ1) is 16.7. The van der Waals surface area contributed by atoms with Gasteiger partial charge in [0.25, 0.3) is 0 Å². The predicted molar refractivity (Wildman–Crippen MR) is 80.4 cm³/mol. The fourth-order valence-corrected chi connectivity index (χ4v) is 4.01. The lowest BCUT2D eigenvalue weighted by molar-refractivity contribution is -0.157. The number of nitrogens with one attached hydrogen (secondary N) is 1. The standard InChI is InChI=1S/C14H26N2O4S/c1-3-21(18,19)15-12(2)13(17)16-9-10-20-14(11-16)7-5-4-6-8-14/h12,15H,3-11H2,1-2H3. The predicted octanol–water partition coefficient (Wildman–Crippen LogP) is 0.876. The second-order valence-corrected chi connectivity index (χ2v) is 8.14. The molecule has 1 saturated heterocycles. The number of amides is 1. The quantitative estimate of drug-likeness (QED) is 0.835. The highest BCUT2D eigenvalue weighted by molar-refractivity contribution is 7.89. The number of morpholine rings is 1. The lowest BCUT2D eigenvalue weighted by Crippen LogP contribution is -2.58. The molecule has 0 aromatic heterocycles. The lowest BCUT2D eigenvalue weighted by atomic mass is 9.83. The van der Waals surface area contributed by atoms with Gasteiger partial charge in [0.2, 0.25) is 15.9 Å². The molecule has 2 fully saturated rings. The molecule has 1 heterocycles. The summed E-state index contributed by atoms with van der Waals surface area (Å²) in [6, 6.07) is -0.714. The van der Waals surface area contributed by atoms with Gasteiger partial charge in [0.1, 0.15) is 0 Å². The van der Waals surface area contributed by atoms with Crippen LogP contribution in [-0.4, -0.2) is 56.3 Å². The number of ether oxygens (including phenoxy) is 1. The van der Waals surface area contributed by atoms with Gasteiger partial charge in [0.15, 0.2) is 0 Å². The van der Waals surface area contributed by atoms with Crippen molar-refractivity contribution >= 4 is 15.9 Å². The SMILES string of the molecule is CCS(=O)(=O)NC(C)C(=O)N1CCOC2(CCCCC2)C1. The van der Waals surface area contributed by atoms with Crippen molar-refractivity contribution < 1.29 is 17.9 Å². The fourth-order valence-electron chi connectivity index (χ4n) is 3.21. The van der Waals surface area contributed by atoms with E-state index in [0.29, 0.717) is 19.7 Å². The van der Waals surface area contributed by atoms with Crippen molar-refractivity contribution in [3.05, 3.63) is 0 Å². The number of hydrogen-bond donors (Lipinski definition) is 1. The minimum atomic E-state index is -3.36. The van der Waals surface area contributed by atoms with E-state index in [-0.39, 0.29) is 17.3 Å². The molecule has 1 amide bonds. The molecule has 122 valence electrons. The van der Waals surface area contributed by atoms with E-state index in [1.165, 1.54) is 6.42 Å². The molecule has 21 heavy (non-hydrogen) atoms. The zero-order chi connectivity index (χ0) is 15.5. The molecule has 7 heteroatoms. The summed E-state index contributed by atoms with van der Waals surface area (Å²) in [6.07, 6.45) is 5.49. The van der Waals surface area contributed by atoms with Crippen LogP contribution in [0.1, 0.15) is 46.0 Å². The fraction of sp³-hybridized carbons (Fsp3) is 0.929. The number of hydrogen-bond acceptors (Lipinski definition) is 4. The topological polar surface area (TPSA) is 75.7 Å². The normalized spacial score (nSPS) is 24.0. The molecule has 6 nitrogen and oxygen atoms in total. The van der Waals surface area contributed by atoms with E-state index in [1.807, 2.05) is 0 Å². The number of rotatable bonds is 4. The van der Waals surface area contributed by atoms with E-state index in [1.54, 1.807) is 18.7 Å². The molecule has 1 spiro atoms. The number of sulfonamides is 1. The summed E-state index contributed by atoms with van der Waals surface area (Å²) in [5.41, 5.74) is -0.199. The maximum Gasteiger partial charge on any atom is 0.240 e. The molecule has 0 aromatic rings. The molecule has 2 aliphatic rings. The van der Waals surface area contributed by atoms with E-state index < -0.39 is 16.1 Å². The van der Waals surface area contributed by atoms with Crippen LogP contribution in [0.25, 0.3) is 0 Å². The lowest BCUT2D eigenvalue weighted by Gasteiger charge is -2.45. The summed E-state index contributed by atoms with van der Waals surface area (Å²) in [7, 11) is -3.36. The highest BCUT2D eigenvalue weighted by atomic mass is 32.2. The Balaban J connectivity index is 1.98. The summed E-state index contributed by atoms with van der Waals surface area (Å²) >= 11 is 0. The minimum absolute atomic E-state index is 0.0162. The third kappa shape index (κ3) is 4.17. The summed E-state index contributed by atoms with van der Waals surface area (Å²) in [5, 5.41) is 0. The smallest absolute Gasteiger partial charge is 0.240 e. The van der Waals surface area contributed by atoms with Crippen molar-refractivity contribution in [3.8, 4) is 0 Å². The molecule has 1 aliphatic carbocycles. The van der Waals surface area contributed by atoms with Gasteiger partial charge in [-0.1, -0.05) is 19.3 Å². The second-order valence-electron chi connectivity index (χ2n) is 6.09. The monoisotopic (exact) mass is 318 g/mol. The van der Waals surface area contributed by atoms with Crippen LogP contribution >= 0.6 is 0 Å². The molecule has 0 radical (unpaired) electrons. The Morgan fingerprint density at radius 2 is 2.00 bits per heavy atom. The highest BCUT2D eigenvalue weighted by Crippen LogP contribution is 2.34. The molecule has 0 bridgehead atoms. The molecule has 1 saturated carbocycles. The Bertz CT molecular complexity index is 466. The summed E-state index contributed by atoms with van der Waals surface area (Å²) < 4.78 is 31.6. The average molecular weight is 318 g/mol. The van der Waals surface area contributed by atoms with Gasteiger partial charge < -0.3 is 9.64 Å². The summed E-state index contributed by atoms with van der Waals surface area (Å²) in [4.78, 5) is 14.2. The van der Waals surface area contributed by atoms with E-state index in [4.69, 9.17) is 4.74 Å². The van der Waals surface area contributed by atoms with E-state index in [9.17, 15) is 13.2 Å². The van der Waals surface area contributed by atoms with Crippen LogP contribution in [0.4, 0.5) is 0 Å². The first-order chi connectivity index (χ1) is 9.87. The second kappa shape index (κ2) is 6.62. The highest BCUT2D eigenvalue weighted by Gasteiger charge is 2.40. The van der Waals surface area contributed by atoms with E-state index in [2.05, 4.69) is 4.72 Å². The minimum Gasteiger partial charge on any atom is -0.371 e. The maximum absolute atomic E-state index is 12.5. The first-order valence-corrected chi connectivity index (χ1v) is 9.45. The Morgan fingerprint density at radius 1 is 1.33 bits per heavy atom.